The first kappa shape index (κ1) is 15.5. The van der Waals surface area contributed by atoms with Crippen molar-refractivity contribution in [3.05, 3.63) is 60.7 Å². The van der Waals surface area contributed by atoms with E-state index in [4.69, 9.17) is 4.74 Å². The van der Waals surface area contributed by atoms with Gasteiger partial charge in [0.1, 0.15) is 12.1 Å². The lowest BCUT2D eigenvalue weighted by Crippen LogP contribution is -2.45. The Hall–Kier alpha value is -3.02. The summed E-state index contributed by atoms with van der Waals surface area (Å²) in [6.45, 7) is 0. The highest BCUT2D eigenvalue weighted by atomic mass is 16.5. The minimum atomic E-state index is -0.560. The lowest BCUT2D eigenvalue weighted by atomic mass is 9.65. The van der Waals surface area contributed by atoms with E-state index in [0.717, 1.165) is 30.4 Å². The molecule has 6 heteroatoms. The molecule has 3 aromatic rings. The van der Waals surface area contributed by atoms with Gasteiger partial charge in [0.15, 0.2) is 5.82 Å². The molecule has 1 aliphatic rings. The standard InChI is InChI=1S/C19H18N4O2/c1-23-13-21-17(22-23)14-5-7-16(8-6-14)25-18(24)19(9-3-10-19)15-4-2-11-20-12-15/h2,4-8,11-13H,3,9-10H2,1H3. The SMILES string of the molecule is Cn1cnc(-c2ccc(OC(=O)C3(c4cccnc4)CCC3)cc2)n1. The van der Waals surface area contributed by atoms with Crippen molar-refractivity contribution in [2.75, 3.05) is 0 Å². The van der Waals surface area contributed by atoms with Crippen LogP contribution in [0, 0.1) is 0 Å². The Balaban J connectivity index is 1.53. The second-order valence-electron chi connectivity index (χ2n) is 6.33. The monoisotopic (exact) mass is 334 g/mol. The molecule has 0 aliphatic heterocycles. The molecule has 6 nitrogen and oxygen atoms in total. The zero-order valence-corrected chi connectivity index (χ0v) is 13.9. The highest BCUT2D eigenvalue weighted by molar-refractivity contribution is 5.86. The Morgan fingerprint density at radius 3 is 2.56 bits per heavy atom. The van der Waals surface area contributed by atoms with Crippen LogP contribution in [-0.4, -0.2) is 25.7 Å². The van der Waals surface area contributed by atoms with Crippen molar-refractivity contribution in [2.24, 2.45) is 7.05 Å². The van der Waals surface area contributed by atoms with Gasteiger partial charge in [0.25, 0.3) is 0 Å². The van der Waals surface area contributed by atoms with Crippen molar-refractivity contribution in [3.63, 3.8) is 0 Å². The van der Waals surface area contributed by atoms with Crippen molar-refractivity contribution < 1.29 is 9.53 Å². The summed E-state index contributed by atoms with van der Waals surface area (Å²) in [5.41, 5.74) is 1.25. The van der Waals surface area contributed by atoms with Crippen molar-refractivity contribution in [1.29, 1.82) is 0 Å². The Bertz CT molecular complexity index is 883. The summed E-state index contributed by atoms with van der Waals surface area (Å²) >= 11 is 0. The Labute approximate surface area is 145 Å². The lowest BCUT2D eigenvalue weighted by Gasteiger charge is -2.39. The minimum absolute atomic E-state index is 0.213. The molecule has 0 amide bonds. The van der Waals surface area contributed by atoms with Crippen LogP contribution in [-0.2, 0) is 17.3 Å². The Morgan fingerprint density at radius 1 is 1.20 bits per heavy atom. The average molecular weight is 334 g/mol. The van der Waals surface area contributed by atoms with Crippen LogP contribution in [0.1, 0.15) is 24.8 Å². The van der Waals surface area contributed by atoms with Gasteiger partial charge in [-0.2, -0.15) is 5.10 Å². The molecule has 4 rings (SSSR count). The van der Waals surface area contributed by atoms with Gasteiger partial charge in [0.05, 0.1) is 5.41 Å². The van der Waals surface area contributed by atoms with Gasteiger partial charge in [-0.05, 0) is 48.7 Å². The smallest absolute Gasteiger partial charge is 0.322 e. The predicted molar refractivity (Wildman–Crippen MR) is 91.8 cm³/mol. The highest BCUT2D eigenvalue weighted by Crippen LogP contribution is 2.44. The third-order valence-electron chi connectivity index (χ3n) is 4.73. The van der Waals surface area contributed by atoms with Crippen LogP contribution in [0.5, 0.6) is 5.75 Å². The van der Waals surface area contributed by atoms with E-state index in [-0.39, 0.29) is 5.97 Å². The van der Waals surface area contributed by atoms with Gasteiger partial charge in [-0.25, -0.2) is 4.98 Å². The van der Waals surface area contributed by atoms with Gasteiger partial charge < -0.3 is 4.74 Å². The molecule has 2 heterocycles. The summed E-state index contributed by atoms with van der Waals surface area (Å²) < 4.78 is 7.31. The van der Waals surface area contributed by atoms with E-state index in [9.17, 15) is 4.79 Å². The zero-order chi connectivity index (χ0) is 17.3. The molecule has 1 aromatic carbocycles. The van der Waals surface area contributed by atoms with Crippen LogP contribution in [0.3, 0.4) is 0 Å². The number of benzene rings is 1. The van der Waals surface area contributed by atoms with Crippen LogP contribution in [0.4, 0.5) is 0 Å². The van der Waals surface area contributed by atoms with Gasteiger partial charge in [-0.15, -0.1) is 0 Å². The van der Waals surface area contributed by atoms with E-state index >= 15 is 0 Å². The van der Waals surface area contributed by atoms with E-state index in [1.54, 1.807) is 35.5 Å². The maximum absolute atomic E-state index is 12.8. The van der Waals surface area contributed by atoms with Crippen LogP contribution in [0.2, 0.25) is 0 Å². The summed E-state index contributed by atoms with van der Waals surface area (Å²) in [5.74, 6) is 0.960. The molecular weight excluding hydrogens is 316 g/mol. The number of pyridine rings is 1. The number of aromatic nitrogens is 4. The van der Waals surface area contributed by atoms with E-state index in [1.165, 1.54) is 0 Å². The van der Waals surface area contributed by atoms with Crippen LogP contribution >= 0.6 is 0 Å². The van der Waals surface area contributed by atoms with Crippen LogP contribution in [0.25, 0.3) is 11.4 Å². The largest absolute Gasteiger partial charge is 0.426 e. The molecule has 0 bridgehead atoms. The van der Waals surface area contributed by atoms with E-state index in [1.807, 2.05) is 31.3 Å². The number of ether oxygens (including phenoxy) is 1. The van der Waals surface area contributed by atoms with Gasteiger partial charge in [0.2, 0.25) is 0 Å². The molecule has 0 radical (unpaired) electrons. The van der Waals surface area contributed by atoms with E-state index in [2.05, 4.69) is 15.1 Å². The number of rotatable bonds is 4. The first-order valence-corrected chi connectivity index (χ1v) is 8.26. The molecule has 126 valence electrons. The molecule has 0 atom stereocenters. The fraction of sp³-hybridized carbons (Fsp3) is 0.263. The second kappa shape index (κ2) is 6.12. The van der Waals surface area contributed by atoms with E-state index in [0.29, 0.717) is 11.6 Å². The summed E-state index contributed by atoms with van der Waals surface area (Å²) in [5, 5.41) is 4.26. The molecular formula is C19H18N4O2. The number of aryl methyl sites for hydroxylation is 1. The molecule has 0 saturated heterocycles. The summed E-state index contributed by atoms with van der Waals surface area (Å²) in [6.07, 6.45) is 7.74. The summed E-state index contributed by atoms with van der Waals surface area (Å²) in [6, 6.07) is 11.1. The van der Waals surface area contributed by atoms with Gasteiger partial charge >= 0.3 is 5.97 Å². The number of hydrogen-bond acceptors (Lipinski definition) is 5. The topological polar surface area (TPSA) is 69.9 Å². The second-order valence-corrected chi connectivity index (χ2v) is 6.33. The van der Waals surface area contributed by atoms with Crippen LogP contribution < -0.4 is 4.74 Å². The maximum atomic E-state index is 12.8. The number of nitrogens with zero attached hydrogens (tertiary/aromatic N) is 4. The normalized spacial score (nSPS) is 15.4. The van der Waals surface area contributed by atoms with Crippen LogP contribution in [0.15, 0.2) is 55.1 Å². The molecule has 1 saturated carbocycles. The predicted octanol–water partition coefficient (Wildman–Crippen LogP) is 2.90. The number of esters is 1. The Morgan fingerprint density at radius 2 is 2.00 bits per heavy atom. The van der Waals surface area contributed by atoms with Crippen molar-refractivity contribution in [3.8, 4) is 17.1 Å². The molecule has 0 N–H and O–H groups in total. The first-order chi connectivity index (χ1) is 12.2. The zero-order valence-electron chi connectivity index (χ0n) is 13.9. The van der Waals surface area contributed by atoms with Gasteiger partial charge in [-0.1, -0.05) is 12.5 Å². The fourth-order valence-electron chi connectivity index (χ4n) is 3.14. The first-order valence-electron chi connectivity index (χ1n) is 8.26. The molecule has 2 aromatic heterocycles. The average Bonchev–Trinajstić information content (AvgIpc) is 3.02. The summed E-state index contributed by atoms with van der Waals surface area (Å²) in [4.78, 5) is 21.2. The van der Waals surface area contributed by atoms with Gasteiger partial charge in [-0.3, -0.25) is 14.5 Å². The molecule has 0 unspecified atom stereocenters. The van der Waals surface area contributed by atoms with E-state index < -0.39 is 5.41 Å². The maximum Gasteiger partial charge on any atom is 0.322 e. The molecule has 1 aliphatic carbocycles. The molecule has 0 spiro atoms. The number of carbonyl (C=O) groups is 1. The summed E-state index contributed by atoms with van der Waals surface area (Å²) in [7, 11) is 1.82. The third kappa shape index (κ3) is 2.80. The lowest BCUT2D eigenvalue weighted by molar-refractivity contribution is -0.144. The molecule has 1 fully saturated rings. The van der Waals surface area contributed by atoms with Crippen molar-refractivity contribution >= 4 is 5.97 Å². The van der Waals surface area contributed by atoms with Gasteiger partial charge in [0, 0.05) is 25.0 Å². The quantitative estimate of drug-likeness (QED) is 0.542. The highest BCUT2D eigenvalue weighted by Gasteiger charge is 2.47. The number of carbonyl (C=O) groups excluding carboxylic acids is 1. The van der Waals surface area contributed by atoms with Crippen molar-refractivity contribution in [2.45, 2.75) is 24.7 Å². The minimum Gasteiger partial charge on any atom is -0.426 e. The number of hydrogen-bond donors (Lipinski definition) is 0. The Kier molecular flexibility index (Phi) is 3.80. The fourth-order valence-corrected chi connectivity index (χ4v) is 3.14. The third-order valence-corrected chi connectivity index (χ3v) is 4.73. The van der Waals surface area contributed by atoms with Crippen molar-refractivity contribution in [1.82, 2.24) is 19.7 Å². The molecule has 25 heavy (non-hydrogen) atoms.